The summed E-state index contributed by atoms with van der Waals surface area (Å²) < 4.78 is 12.3. The summed E-state index contributed by atoms with van der Waals surface area (Å²) in [6.45, 7) is 3.49. The van der Waals surface area contributed by atoms with Gasteiger partial charge < -0.3 is 14.4 Å². The number of hydrogen-bond donors (Lipinski definition) is 0. The van der Waals surface area contributed by atoms with Gasteiger partial charge in [-0.05, 0) is 19.4 Å². The third kappa shape index (κ3) is 1.80. The quantitative estimate of drug-likeness (QED) is 0.781. The molecule has 2 aromatic heterocycles. The van der Waals surface area contributed by atoms with Crippen LogP contribution < -0.4 is 4.90 Å². The van der Waals surface area contributed by atoms with Gasteiger partial charge in [0.15, 0.2) is 11.5 Å². The van der Waals surface area contributed by atoms with E-state index >= 15 is 0 Å². The number of fused-ring (bicyclic) bond motifs is 3. The van der Waals surface area contributed by atoms with Gasteiger partial charge in [0.25, 0.3) is 0 Å². The third-order valence-electron chi connectivity index (χ3n) is 4.05. The number of morpholine rings is 1. The molecule has 2 bridgehead atoms. The van der Waals surface area contributed by atoms with Crippen LogP contribution in [0.5, 0.6) is 0 Å². The Kier molecular flexibility index (Phi) is 2.81. The second-order valence-electron chi connectivity index (χ2n) is 5.30. The number of hydrogen-bond acceptors (Lipinski definition) is 6. The topological polar surface area (TPSA) is 69.0 Å². The molecule has 0 aromatic carbocycles. The molecule has 2 aliphatic heterocycles. The fraction of sp³-hybridized carbons (Fsp3) is 0.500. The van der Waals surface area contributed by atoms with Gasteiger partial charge in [-0.1, -0.05) is 0 Å². The van der Waals surface area contributed by atoms with Gasteiger partial charge in [-0.3, -0.25) is 0 Å². The van der Waals surface area contributed by atoms with E-state index in [0.717, 1.165) is 6.42 Å². The molecule has 0 radical (unpaired) electrons. The molecule has 2 unspecified atom stereocenters. The average molecular weight is 288 g/mol. The molecule has 0 aliphatic carbocycles. The SMILES string of the molecule is CCOC(=O)c1c(N2C3COCC2C3)nn2cccnc12. The van der Waals surface area contributed by atoms with E-state index in [1.54, 1.807) is 29.9 Å². The minimum absolute atomic E-state index is 0.293. The van der Waals surface area contributed by atoms with E-state index < -0.39 is 0 Å². The molecular weight excluding hydrogens is 272 g/mol. The fourth-order valence-electron chi connectivity index (χ4n) is 3.13. The summed E-state index contributed by atoms with van der Waals surface area (Å²) in [6.07, 6.45) is 4.54. The zero-order valence-electron chi connectivity index (χ0n) is 11.7. The van der Waals surface area contributed by atoms with Crippen molar-refractivity contribution in [2.75, 3.05) is 24.7 Å². The Morgan fingerprint density at radius 1 is 1.48 bits per heavy atom. The van der Waals surface area contributed by atoms with Crippen molar-refractivity contribution in [1.82, 2.24) is 14.6 Å². The summed E-state index contributed by atoms with van der Waals surface area (Å²) in [6, 6.07) is 2.38. The van der Waals surface area contributed by atoms with Gasteiger partial charge in [0.1, 0.15) is 5.56 Å². The Balaban J connectivity index is 1.84. The Morgan fingerprint density at radius 3 is 3.00 bits per heavy atom. The Morgan fingerprint density at radius 2 is 2.29 bits per heavy atom. The zero-order valence-corrected chi connectivity index (χ0v) is 11.7. The summed E-state index contributed by atoms with van der Waals surface area (Å²) in [5, 5.41) is 4.54. The van der Waals surface area contributed by atoms with Gasteiger partial charge in [0, 0.05) is 12.4 Å². The van der Waals surface area contributed by atoms with Crippen molar-refractivity contribution >= 4 is 17.4 Å². The maximum Gasteiger partial charge on any atom is 0.345 e. The number of carbonyl (C=O) groups excluding carboxylic acids is 1. The van der Waals surface area contributed by atoms with Crippen molar-refractivity contribution in [3.63, 3.8) is 0 Å². The monoisotopic (exact) mass is 288 g/mol. The first-order chi connectivity index (χ1) is 10.3. The van der Waals surface area contributed by atoms with Crippen LogP contribution in [-0.2, 0) is 9.47 Å². The first-order valence-electron chi connectivity index (χ1n) is 7.16. The number of carbonyl (C=O) groups is 1. The summed E-state index contributed by atoms with van der Waals surface area (Å²) in [5.74, 6) is 0.295. The Hall–Kier alpha value is -2.15. The molecule has 0 saturated carbocycles. The van der Waals surface area contributed by atoms with Crippen molar-refractivity contribution in [2.24, 2.45) is 0 Å². The summed E-state index contributed by atoms with van der Waals surface area (Å²) >= 11 is 0. The predicted octanol–water partition coefficient (Wildman–Crippen LogP) is 0.883. The highest BCUT2D eigenvalue weighted by Gasteiger charge is 2.45. The van der Waals surface area contributed by atoms with Gasteiger partial charge in [-0.2, -0.15) is 0 Å². The Bertz CT molecular complexity index is 685. The predicted molar refractivity (Wildman–Crippen MR) is 74.4 cm³/mol. The molecule has 4 heterocycles. The van der Waals surface area contributed by atoms with Crippen molar-refractivity contribution in [3.05, 3.63) is 24.0 Å². The van der Waals surface area contributed by atoms with Gasteiger partial charge in [0.05, 0.1) is 31.9 Å². The fourth-order valence-corrected chi connectivity index (χ4v) is 3.13. The lowest BCUT2D eigenvalue weighted by molar-refractivity contribution is 0.00935. The Labute approximate surface area is 121 Å². The normalized spacial score (nSPS) is 24.0. The smallest absolute Gasteiger partial charge is 0.345 e. The van der Waals surface area contributed by atoms with Crippen LogP contribution in [0, 0.1) is 0 Å². The summed E-state index contributed by atoms with van der Waals surface area (Å²) in [7, 11) is 0. The number of anilines is 1. The van der Waals surface area contributed by atoms with Crippen LogP contribution >= 0.6 is 0 Å². The minimum Gasteiger partial charge on any atom is -0.462 e. The van der Waals surface area contributed by atoms with E-state index in [1.807, 2.05) is 0 Å². The molecule has 7 nitrogen and oxygen atoms in total. The van der Waals surface area contributed by atoms with E-state index in [1.165, 1.54) is 0 Å². The van der Waals surface area contributed by atoms with Crippen LogP contribution in [-0.4, -0.2) is 52.5 Å². The van der Waals surface area contributed by atoms with Crippen LogP contribution in [0.2, 0.25) is 0 Å². The van der Waals surface area contributed by atoms with E-state index in [-0.39, 0.29) is 5.97 Å². The highest BCUT2D eigenvalue weighted by molar-refractivity contribution is 6.01. The first kappa shape index (κ1) is 12.6. The molecule has 7 heteroatoms. The lowest BCUT2D eigenvalue weighted by atomic mass is 9.91. The van der Waals surface area contributed by atoms with E-state index in [9.17, 15) is 4.79 Å². The van der Waals surface area contributed by atoms with Crippen molar-refractivity contribution in [1.29, 1.82) is 0 Å². The highest BCUT2D eigenvalue weighted by Crippen LogP contribution is 2.38. The van der Waals surface area contributed by atoms with E-state index in [0.29, 0.717) is 48.9 Å². The van der Waals surface area contributed by atoms with Gasteiger partial charge in [-0.15, -0.1) is 5.10 Å². The van der Waals surface area contributed by atoms with Gasteiger partial charge >= 0.3 is 5.97 Å². The number of esters is 1. The van der Waals surface area contributed by atoms with Gasteiger partial charge in [0.2, 0.25) is 0 Å². The lowest BCUT2D eigenvalue weighted by Crippen LogP contribution is -2.64. The van der Waals surface area contributed by atoms with Crippen LogP contribution in [0.4, 0.5) is 5.82 Å². The molecule has 2 aromatic rings. The van der Waals surface area contributed by atoms with Crippen LogP contribution in [0.3, 0.4) is 0 Å². The number of nitrogens with zero attached hydrogens (tertiary/aromatic N) is 4. The van der Waals surface area contributed by atoms with E-state index in [4.69, 9.17) is 9.47 Å². The zero-order chi connectivity index (χ0) is 14.4. The highest BCUT2D eigenvalue weighted by atomic mass is 16.5. The molecular formula is C14H16N4O3. The molecule has 21 heavy (non-hydrogen) atoms. The van der Waals surface area contributed by atoms with Crippen molar-refractivity contribution < 1.29 is 14.3 Å². The maximum absolute atomic E-state index is 12.3. The average Bonchev–Trinajstić information content (AvgIpc) is 2.86. The molecule has 0 amide bonds. The van der Waals surface area contributed by atoms with Crippen LogP contribution in [0.25, 0.3) is 5.65 Å². The second kappa shape index (κ2) is 4.70. The third-order valence-corrected chi connectivity index (χ3v) is 4.05. The summed E-state index contributed by atoms with van der Waals surface area (Å²) in [4.78, 5) is 18.8. The number of rotatable bonds is 3. The van der Waals surface area contributed by atoms with Crippen LogP contribution in [0.15, 0.2) is 18.5 Å². The standard InChI is InChI=1S/C14H16N4O3/c1-2-21-14(19)11-12-15-4-3-5-17(12)16-13(11)18-9-6-10(18)8-20-7-9/h3-5,9-10H,2,6-8H2,1H3. The number of aromatic nitrogens is 3. The molecule has 2 atom stereocenters. The van der Waals surface area contributed by atoms with E-state index in [2.05, 4.69) is 15.0 Å². The molecule has 0 N–H and O–H groups in total. The largest absolute Gasteiger partial charge is 0.462 e. The minimum atomic E-state index is -0.368. The van der Waals surface area contributed by atoms with Crippen molar-refractivity contribution in [3.8, 4) is 0 Å². The molecule has 2 fully saturated rings. The van der Waals surface area contributed by atoms with Gasteiger partial charge in [-0.25, -0.2) is 14.3 Å². The molecule has 2 aliphatic rings. The second-order valence-corrected chi connectivity index (χ2v) is 5.30. The van der Waals surface area contributed by atoms with Crippen LogP contribution in [0.1, 0.15) is 23.7 Å². The molecule has 0 spiro atoms. The molecule has 110 valence electrons. The molecule has 2 saturated heterocycles. The summed E-state index contributed by atoms with van der Waals surface area (Å²) in [5.41, 5.74) is 0.992. The lowest BCUT2D eigenvalue weighted by Gasteiger charge is -2.52. The maximum atomic E-state index is 12.3. The molecule has 4 rings (SSSR count). The number of ether oxygens (including phenoxy) is 2. The first-order valence-corrected chi connectivity index (χ1v) is 7.16. The van der Waals surface area contributed by atoms with Crippen molar-refractivity contribution in [2.45, 2.75) is 25.4 Å².